The molecule has 1 aliphatic carbocycles. The van der Waals surface area contributed by atoms with Crippen LogP contribution in [-0.2, 0) is 10.2 Å². The van der Waals surface area contributed by atoms with Gasteiger partial charge >= 0.3 is 0 Å². The minimum atomic E-state index is -3.52. The molecule has 100 valence electrons. The molecule has 1 aliphatic rings. The summed E-state index contributed by atoms with van der Waals surface area (Å²) in [6.07, 6.45) is 3.46. The molecule has 0 bridgehead atoms. The normalized spacial score (nSPS) is 15.6. The Kier molecular flexibility index (Phi) is 3.20. The van der Waals surface area contributed by atoms with Gasteiger partial charge in [-0.3, -0.25) is 9.71 Å². The van der Waals surface area contributed by atoms with E-state index in [4.69, 9.17) is 0 Å². The average molecular weight is 342 g/mol. The Hall–Kier alpha value is -1.18. The Balaban J connectivity index is 1.96. The molecular weight excluding hydrogens is 330 g/mol. The lowest BCUT2D eigenvalue weighted by Gasteiger charge is -2.10. The van der Waals surface area contributed by atoms with Crippen molar-refractivity contribution in [2.45, 2.75) is 18.9 Å². The molecule has 7 heteroatoms. The van der Waals surface area contributed by atoms with Crippen LogP contribution in [0.5, 0.6) is 0 Å². The minimum Gasteiger partial charge on any atom is -0.269 e. The van der Waals surface area contributed by atoms with Crippen molar-refractivity contribution in [2.75, 3.05) is 4.72 Å². The smallest absolute Gasteiger partial charge is 0.269 e. The second-order valence-corrected chi connectivity index (χ2v) is 6.89. The fourth-order valence-electron chi connectivity index (χ4n) is 1.81. The summed E-state index contributed by atoms with van der Waals surface area (Å²) in [5.41, 5.74) is 1.12. The molecule has 1 aromatic carbocycles. The van der Waals surface area contributed by atoms with Crippen molar-refractivity contribution < 1.29 is 8.42 Å². The molecule has 0 saturated heterocycles. The molecule has 5 nitrogen and oxygen atoms in total. The Labute approximate surface area is 119 Å². The summed E-state index contributed by atoms with van der Waals surface area (Å²) in [5.74, 6) is 0. The third kappa shape index (κ3) is 3.05. The number of nitrogens with zero attached hydrogens (tertiary/aromatic N) is 1. The SMILES string of the molecule is O=S(=O)(Nc1cccc2cc(Br)cnc12)NC1CC1. The number of rotatable bonds is 4. The van der Waals surface area contributed by atoms with Crippen LogP contribution in [0.15, 0.2) is 34.9 Å². The quantitative estimate of drug-likeness (QED) is 0.896. The Morgan fingerprint density at radius 2 is 2.11 bits per heavy atom. The number of nitrogens with one attached hydrogen (secondary N) is 2. The highest BCUT2D eigenvalue weighted by molar-refractivity contribution is 9.10. The number of halogens is 1. The summed E-state index contributed by atoms with van der Waals surface area (Å²) < 4.78 is 29.8. The minimum absolute atomic E-state index is 0.0783. The van der Waals surface area contributed by atoms with Gasteiger partial charge in [-0.1, -0.05) is 12.1 Å². The number of hydrogen-bond donors (Lipinski definition) is 2. The van der Waals surface area contributed by atoms with Crippen LogP contribution in [0.25, 0.3) is 10.9 Å². The third-order valence-electron chi connectivity index (χ3n) is 2.82. The lowest BCUT2D eigenvalue weighted by atomic mass is 10.2. The van der Waals surface area contributed by atoms with Crippen LogP contribution in [0.3, 0.4) is 0 Å². The summed E-state index contributed by atoms with van der Waals surface area (Å²) in [5, 5.41) is 0.876. The number of anilines is 1. The molecular formula is C12H12BrN3O2S. The number of benzene rings is 1. The molecule has 0 spiro atoms. The van der Waals surface area contributed by atoms with Crippen molar-refractivity contribution >= 4 is 42.7 Å². The van der Waals surface area contributed by atoms with E-state index in [1.54, 1.807) is 18.3 Å². The number of aromatic nitrogens is 1. The first kappa shape index (κ1) is 12.8. The van der Waals surface area contributed by atoms with Crippen molar-refractivity contribution in [1.82, 2.24) is 9.71 Å². The van der Waals surface area contributed by atoms with Gasteiger partial charge in [0, 0.05) is 22.1 Å². The van der Waals surface area contributed by atoms with E-state index in [2.05, 4.69) is 30.4 Å². The molecule has 1 heterocycles. The van der Waals surface area contributed by atoms with Crippen LogP contribution < -0.4 is 9.44 Å². The molecule has 19 heavy (non-hydrogen) atoms. The lowest BCUT2D eigenvalue weighted by molar-refractivity contribution is 0.586. The Bertz CT molecular complexity index is 729. The van der Waals surface area contributed by atoms with E-state index in [0.29, 0.717) is 11.2 Å². The molecule has 2 N–H and O–H groups in total. The maximum absolute atomic E-state index is 11.9. The standard InChI is InChI=1S/C12H12BrN3O2S/c13-9-6-8-2-1-3-11(12(8)14-7-9)16-19(17,18)15-10-4-5-10/h1-3,6-7,10,15-16H,4-5H2. The number of hydrogen-bond acceptors (Lipinski definition) is 3. The first-order valence-electron chi connectivity index (χ1n) is 5.88. The highest BCUT2D eigenvalue weighted by atomic mass is 79.9. The van der Waals surface area contributed by atoms with Gasteiger partial charge in [-0.25, -0.2) is 0 Å². The maximum atomic E-state index is 11.9. The van der Waals surface area contributed by atoms with Gasteiger partial charge in [0.1, 0.15) is 0 Å². The predicted octanol–water partition coefficient (Wildman–Crippen LogP) is 2.41. The summed E-state index contributed by atoms with van der Waals surface area (Å²) >= 11 is 3.35. The summed E-state index contributed by atoms with van der Waals surface area (Å²) in [6.45, 7) is 0. The van der Waals surface area contributed by atoms with E-state index in [0.717, 1.165) is 22.7 Å². The Morgan fingerprint density at radius 1 is 1.32 bits per heavy atom. The molecule has 3 rings (SSSR count). The van der Waals surface area contributed by atoms with Gasteiger partial charge in [-0.2, -0.15) is 13.1 Å². The van der Waals surface area contributed by atoms with Crippen LogP contribution in [0, 0.1) is 0 Å². The van der Waals surface area contributed by atoms with Gasteiger partial charge in [0.05, 0.1) is 11.2 Å². The molecule has 1 saturated carbocycles. The van der Waals surface area contributed by atoms with Crippen LogP contribution in [-0.4, -0.2) is 19.4 Å². The zero-order valence-electron chi connectivity index (χ0n) is 9.93. The molecule has 1 fully saturated rings. The first-order chi connectivity index (χ1) is 9.03. The zero-order chi connectivity index (χ0) is 13.5. The monoisotopic (exact) mass is 341 g/mol. The average Bonchev–Trinajstić information content (AvgIpc) is 3.11. The largest absolute Gasteiger partial charge is 0.299 e. The molecule has 2 aromatic rings. The molecule has 0 aliphatic heterocycles. The van der Waals surface area contributed by atoms with E-state index in [1.165, 1.54) is 0 Å². The van der Waals surface area contributed by atoms with E-state index in [-0.39, 0.29) is 6.04 Å². The van der Waals surface area contributed by atoms with Crippen molar-refractivity contribution in [3.05, 3.63) is 34.9 Å². The molecule has 0 atom stereocenters. The van der Waals surface area contributed by atoms with Gasteiger partial charge in [-0.15, -0.1) is 0 Å². The van der Waals surface area contributed by atoms with Gasteiger partial charge in [-0.05, 0) is 40.9 Å². The Morgan fingerprint density at radius 3 is 2.84 bits per heavy atom. The van der Waals surface area contributed by atoms with Crippen LogP contribution in [0.1, 0.15) is 12.8 Å². The van der Waals surface area contributed by atoms with Crippen molar-refractivity contribution in [2.24, 2.45) is 0 Å². The number of pyridine rings is 1. The first-order valence-corrected chi connectivity index (χ1v) is 8.15. The van der Waals surface area contributed by atoms with Gasteiger partial charge in [0.15, 0.2) is 0 Å². The molecule has 0 unspecified atom stereocenters. The van der Waals surface area contributed by atoms with Crippen molar-refractivity contribution in [1.29, 1.82) is 0 Å². The molecule has 0 radical (unpaired) electrons. The maximum Gasteiger partial charge on any atom is 0.299 e. The molecule has 0 amide bonds. The van der Waals surface area contributed by atoms with Gasteiger partial charge < -0.3 is 0 Å². The van der Waals surface area contributed by atoms with E-state index >= 15 is 0 Å². The fraction of sp³-hybridized carbons (Fsp3) is 0.250. The van der Waals surface area contributed by atoms with E-state index < -0.39 is 10.2 Å². The van der Waals surface area contributed by atoms with Gasteiger partial charge in [0.2, 0.25) is 0 Å². The highest BCUT2D eigenvalue weighted by Crippen LogP contribution is 2.25. The van der Waals surface area contributed by atoms with Crippen molar-refractivity contribution in [3.63, 3.8) is 0 Å². The summed E-state index contributed by atoms with van der Waals surface area (Å²) in [6, 6.07) is 7.36. The lowest BCUT2D eigenvalue weighted by Crippen LogP contribution is -2.31. The topological polar surface area (TPSA) is 71.1 Å². The summed E-state index contributed by atoms with van der Waals surface area (Å²) in [7, 11) is -3.52. The third-order valence-corrected chi connectivity index (χ3v) is 4.39. The number of fused-ring (bicyclic) bond motifs is 1. The van der Waals surface area contributed by atoms with Crippen LogP contribution >= 0.6 is 15.9 Å². The molecule has 1 aromatic heterocycles. The second-order valence-electron chi connectivity index (χ2n) is 4.53. The summed E-state index contributed by atoms with van der Waals surface area (Å²) in [4.78, 5) is 4.26. The van der Waals surface area contributed by atoms with Crippen molar-refractivity contribution in [3.8, 4) is 0 Å². The van der Waals surface area contributed by atoms with Crippen LogP contribution in [0.2, 0.25) is 0 Å². The number of para-hydroxylation sites is 1. The predicted molar refractivity (Wildman–Crippen MR) is 78.1 cm³/mol. The second kappa shape index (κ2) is 4.73. The zero-order valence-corrected chi connectivity index (χ0v) is 12.3. The highest BCUT2D eigenvalue weighted by Gasteiger charge is 2.27. The van der Waals surface area contributed by atoms with Crippen LogP contribution in [0.4, 0.5) is 5.69 Å². The fourth-order valence-corrected chi connectivity index (χ4v) is 3.35. The van der Waals surface area contributed by atoms with Gasteiger partial charge in [0.25, 0.3) is 10.2 Å². The van der Waals surface area contributed by atoms with E-state index in [1.807, 2.05) is 12.1 Å². The van der Waals surface area contributed by atoms with E-state index in [9.17, 15) is 8.42 Å².